The first-order valence-electron chi connectivity index (χ1n) is 7.78. The molecule has 0 saturated carbocycles. The predicted molar refractivity (Wildman–Crippen MR) is 86.9 cm³/mol. The van der Waals surface area contributed by atoms with Crippen molar-refractivity contribution in [2.24, 2.45) is 5.92 Å². The highest BCUT2D eigenvalue weighted by molar-refractivity contribution is 5.29. The molecule has 1 aliphatic rings. The monoisotopic (exact) mass is 291 g/mol. The number of ether oxygens (including phenoxy) is 2. The second kappa shape index (κ2) is 5.98. The molecule has 21 heavy (non-hydrogen) atoms. The molecular formula is C18H29NO2. The zero-order valence-corrected chi connectivity index (χ0v) is 14.2. The largest absolute Gasteiger partial charge is 0.497 e. The number of likely N-dealkylation sites (N-methyl/N-ethyl adjacent to an activating group) is 1. The molecule has 1 aromatic rings. The summed E-state index contributed by atoms with van der Waals surface area (Å²) in [5.41, 5.74) is 1.16. The number of methoxy groups -OCH3 is 1. The van der Waals surface area contributed by atoms with Crippen LogP contribution in [0, 0.1) is 5.92 Å². The first kappa shape index (κ1) is 16.3. The van der Waals surface area contributed by atoms with E-state index in [-0.39, 0.29) is 11.2 Å². The molecule has 1 N–H and O–H groups in total. The molecule has 1 aliphatic heterocycles. The van der Waals surface area contributed by atoms with E-state index in [4.69, 9.17) is 9.47 Å². The molecule has 2 unspecified atom stereocenters. The number of nitrogens with one attached hydrogen (secondary N) is 1. The van der Waals surface area contributed by atoms with E-state index in [0.29, 0.717) is 12.0 Å². The van der Waals surface area contributed by atoms with Crippen LogP contribution in [0.1, 0.15) is 39.7 Å². The Hall–Kier alpha value is -1.06. The molecule has 118 valence electrons. The van der Waals surface area contributed by atoms with Crippen molar-refractivity contribution < 1.29 is 9.47 Å². The van der Waals surface area contributed by atoms with Crippen molar-refractivity contribution in [3.63, 3.8) is 0 Å². The predicted octanol–water partition coefficient (Wildman–Crippen LogP) is 3.42. The third-order valence-electron chi connectivity index (χ3n) is 4.59. The minimum absolute atomic E-state index is 0.0440. The highest BCUT2D eigenvalue weighted by Crippen LogP contribution is 2.44. The Bertz CT molecular complexity index is 482. The number of hydrogen-bond acceptors (Lipinski definition) is 3. The van der Waals surface area contributed by atoms with Gasteiger partial charge in [0.15, 0.2) is 0 Å². The molecule has 0 amide bonds. The first-order chi connectivity index (χ1) is 9.77. The van der Waals surface area contributed by atoms with Gasteiger partial charge < -0.3 is 14.8 Å². The molecule has 2 rings (SSSR count). The number of benzene rings is 1. The van der Waals surface area contributed by atoms with Crippen LogP contribution < -0.4 is 10.1 Å². The van der Waals surface area contributed by atoms with Crippen LogP contribution >= 0.6 is 0 Å². The summed E-state index contributed by atoms with van der Waals surface area (Å²) in [6, 6.07) is 8.73. The van der Waals surface area contributed by atoms with Crippen LogP contribution in [0.5, 0.6) is 5.75 Å². The molecule has 0 aliphatic carbocycles. The van der Waals surface area contributed by atoms with Gasteiger partial charge in [-0.2, -0.15) is 0 Å². The van der Waals surface area contributed by atoms with Crippen molar-refractivity contribution in [2.45, 2.75) is 57.8 Å². The van der Waals surface area contributed by atoms with Crippen LogP contribution in [0.25, 0.3) is 0 Å². The lowest BCUT2D eigenvalue weighted by Gasteiger charge is -2.33. The summed E-state index contributed by atoms with van der Waals surface area (Å²) < 4.78 is 11.6. The van der Waals surface area contributed by atoms with Crippen LogP contribution in [0.4, 0.5) is 0 Å². The van der Waals surface area contributed by atoms with E-state index in [1.54, 1.807) is 7.11 Å². The van der Waals surface area contributed by atoms with E-state index >= 15 is 0 Å². The highest BCUT2D eigenvalue weighted by Gasteiger charge is 2.48. The molecule has 3 heteroatoms. The van der Waals surface area contributed by atoms with Crippen LogP contribution in [0.15, 0.2) is 24.3 Å². The Labute approximate surface area is 129 Å². The molecular weight excluding hydrogens is 262 g/mol. The quantitative estimate of drug-likeness (QED) is 0.901. The Balaban J connectivity index is 2.16. The summed E-state index contributed by atoms with van der Waals surface area (Å²) in [5.74, 6) is 1.41. The topological polar surface area (TPSA) is 30.5 Å². The fourth-order valence-electron chi connectivity index (χ4n) is 3.73. The lowest BCUT2D eigenvalue weighted by Crippen LogP contribution is -2.44. The van der Waals surface area contributed by atoms with Gasteiger partial charge in [0.1, 0.15) is 5.75 Å². The van der Waals surface area contributed by atoms with Gasteiger partial charge in [-0.3, -0.25) is 0 Å². The maximum absolute atomic E-state index is 6.25. The van der Waals surface area contributed by atoms with Crippen LogP contribution in [0.2, 0.25) is 0 Å². The molecule has 0 spiro atoms. The summed E-state index contributed by atoms with van der Waals surface area (Å²) in [5, 5.41) is 3.50. The van der Waals surface area contributed by atoms with E-state index in [2.05, 4.69) is 51.2 Å². The van der Waals surface area contributed by atoms with Gasteiger partial charge in [-0.05, 0) is 65.3 Å². The molecule has 1 aromatic carbocycles. The van der Waals surface area contributed by atoms with Gasteiger partial charge in [0.05, 0.1) is 18.3 Å². The summed E-state index contributed by atoms with van der Waals surface area (Å²) in [7, 11) is 3.76. The number of hydrogen-bond donors (Lipinski definition) is 1. The number of rotatable bonds is 5. The standard InChI is InChI=1S/C18H29NO2/c1-17(2)12-15(18(3,4)21-17)16(19-5)11-13-8-7-9-14(10-13)20-6/h7-10,15-16,19H,11-12H2,1-6H3. The highest BCUT2D eigenvalue weighted by atomic mass is 16.5. The Morgan fingerprint density at radius 3 is 2.57 bits per heavy atom. The minimum Gasteiger partial charge on any atom is -0.497 e. The van der Waals surface area contributed by atoms with Crippen molar-refractivity contribution >= 4 is 0 Å². The summed E-state index contributed by atoms with van der Waals surface area (Å²) in [6.07, 6.45) is 2.07. The van der Waals surface area contributed by atoms with E-state index < -0.39 is 0 Å². The third-order valence-corrected chi connectivity index (χ3v) is 4.59. The van der Waals surface area contributed by atoms with Crippen LogP contribution in [-0.4, -0.2) is 31.4 Å². The first-order valence-corrected chi connectivity index (χ1v) is 7.78. The lowest BCUT2D eigenvalue weighted by molar-refractivity contribution is -0.0774. The van der Waals surface area contributed by atoms with E-state index in [1.165, 1.54) is 5.56 Å². The third kappa shape index (κ3) is 3.78. The Morgan fingerprint density at radius 1 is 1.33 bits per heavy atom. The van der Waals surface area contributed by atoms with Gasteiger partial charge in [0.25, 0.3) is 0 Å². The summed E-state index contributed by atoms with van der Waals surface area (Å²) in [6.45, 7) is 8.80. The maximum atomic E-state index is 6.25. The molecule has 0 aromatic heterocycles. The van der Waals surface area contributed by atoms with Gasteiger partial charge in [-0.25, -0.2) is 0 Å². The molecule has 2 atom stereocenters. The zero-order valence-electron chi connectivity index (χ0n) is 14.2. The molecule has 0 bridgehead atoms. The van der Waals surface area contributed by atoms with E-state index in [1.807, 2.05) is 13.1 Å². The zero-order chi connectivity index (χ0) is 15.7. The lowest BCUT2D eigenvalue weighted by atomic mass is 9.79. The average Bonchev–Trinajstić information content (AvgIpc) is 2.64. The second-order valence-electron chi connectivity index (χ2n) is 7.23. The van der Waals surface area contributed by atoms with E-state index in [0.717, 1.165) is 18.6 Å². The fourth-order valence-corrected chi connectivity index (χ4v) is 3.73. The van der Waals surface area contributed by atoms with Gasteiger partial charge in [-0.1, -0.05) is 12.1 Å². The molecule has 3 nitrogen and oxygen atoms in total. The van der Waals surface area contributed by atoms with Crippen molar-refractivity contribution in [3.8, 4) is 5.75 Å². The molecule has 1 fully saturated rings. The minimum atomic E-state index is -0.101. The maximum Gasteiger partial charge on any atom is 0.119 e. The van der Waals surface area contributed by atoms with Crippen molar-refractivity contribution in [1.29, 1.82) is 0 Å². The van der Waals surface area contributed by atoms with Gasteiger partial charge >= 0.3 is 0 Å². The van der Waals surface area contributed by atoms with Crippen molar-refractivity contribution in [1.82, 2.24) is 5.32 Å². The van der Waals surface area contributed by atoms with Crippen molar-refractivity contribution in [3.05, 3.63) is 29.8 Å². The molecule has 0 radical (unpaired) electrons. The Kier molecular flexibility index (Phi) is 4.64. The SMILES string of the molecule is CNC(Cc1cccc(OC)c1)C1CC(C)(C)OC1(C)C. The molecule has 1 heterocycles. The van der Waals surface area contributed by atoms with Crippen LogP contribution in [-0.2, 0) is 11.2 Å². The second-order valence-corrected chi connectivity index (χ2v) is 7.23. The van der Waals surface area contributed by atoms with E-state index in [9.17, 15) is 0 Å². The van der Waals surface area contributed by atoms with Gasteiger partial charge in [0, 0.05) is 12.0 Å². The molecule has 1 saturated heterocycles. The summed E-state index contributed by atoms with van der Waals surface area (Å²) in [4.78, 5) is 0. The Morgan fingerprint density at radius 2 is 2.05 bits per heavy atom. The fraction of sp³-hybridized carbons (Fsp3) is 0.667. The smallest absolute Gasteiger partial charge is 0.119 e. The van der Waals surface area contributed by atoms with Gasteiger partial charge in [0.2, 0.25) is 0 Å². The normalized spacial score (nSPS) is 24.8. The average molecular weight is 291 g/mol. The van der Waals surface area contributed by atoms with Gasteiger partial charge in [-0.15, -0.1) is 0 Å². The summed E-state index contributed by atoms with van der Waals surface area (Å²) >= 11 is 0. The van der Waals surface area contributed by atoms with Crippen molar-refractivity contribution in [2.75, 3.05) is 14.2 Å². The van der Waals surface area contributed by atoms with Crippen LogP contribution in [0.3, 0.4) is 0 Å².